The molecule has 149 heavy (non-hydrogen) atoms. The van der Waals surface area contributed by atoms with Crippen LogP contribution in [0.2, 0.25) is 0 Å². The highest BCUT2D eigenvalue weighted by atomic mass is 16.4. The van der Waals surface area contributed by atoms with Crippen molar-refractivity contribution >= 4 is 183 Å². The fourth-order valence-electron chi connectivity index (χ4n) is 16.3. The van der Waals surface area contributed by atoms with Crippen LogP contribution in [0, 0.1) is 38.0 Å². The zero-order valence-corrected chi connectivity index (χ0v) is 83.6. The minimum absolute atomic E-state index is 0.0112. The van der Waals surface area contributed by atoms with Gasteiger partial charge in [0.2, 0.25) is 23.6 Å². The maximum Gasteiger partial charge on any atom is 0.336 e. The zero-order valence-electron chi connectivity index (χ0n) is 83.6. The molecule has 0 radical (unpaired) electrons. The maximum atomic E-state index is 12.0. The van der Waals surface area contributed by atoms with Crippen LogP contribution in [0.3, 0.4) is 0 Å². The number of hydrogen-bond acceptors (Lipinski definition) is 18. The number of imide groups is 4. The second kappa shape index (κ2) is 48.2. The largest absolute Gasteiger partial charge is 0.478 e. The van der Waals surface area contributed by atoms with Crippen molar-refractivity contribution in [2.24, 2.45) is 11.8 Å². The number of anilines is 2. The van der Waals surface area contributed by atoms with Gasteiger partial charge >= 0.3 is 29.8 Å². The van der Waals surface area contributed by atoms with Crippen LogP contribution in [0.15, 0.2) is 279 Å². The molecule has 0 spiro atoms. The van der Waals surface area contributed by atoms with Gasteiger partial charge in [0.05, 0.1) is 89.3 Å². The van der Waals surface area contributed by atoms with Gasteiger partial charge in [-0.15, -0.1) is 6.42 Å². The number of benzene rings is 15. The number of rotatable bonds is 12. The number of carboxylic acid groups (broad SMARTS) is 5. The molecule has 2 saturated heterocycles. The molecule has 756 valence electrons. The quantitative estimate of drug-likeness (QED) is 0.0308. The number of carbonyl (C=O) groups excluding carboxylic acids is 13. The zero-order chi connectivity index (χ0) is 109. The summed E-state index contributed by atoms with van der Waals surface area (Å²) in [6, 6.07) is 82.6. The highest BCUT2D eigenvalue weighted by Crippen LogP contribution is 2.35. The van der Waals surface area contributed by atoms with Gasteiger partial charge < -0.3 is 52.1 Å². The van der Waals surface area contributed by atoms with Crippen molar-refractivity contribution in [2.45, 2.75) is 66.7 Å². The van der Waals surface area contributed by atoms with Gasteiger partial charge in [-0.2, -0.15) is 0 Å². The summed E-state index contributed by atoms with van der Waals surface area (Å²) < 4.78 is 0. The Bertz CT molecular complexity index is 7890. The van der Waals surface area contributed by atoms with E-state index in [1.807, 2.05) is 191 Å². The summed E-state index contributed by atoms with van der Waals surface area (Å²) in [7, 11) is 10.4. The Morgan fingerprint density at radius 2 is 0.550 bits per heavy atom. The summed E-state index contributed by atoms with van der Waals surface area (Å²) in [5, 5.41) is 68.8. The maximum absolute atomic E-state index is 12.0. The van der Waals surface area contributed by atoms with Crippen LogP contribution in [-0.2, 0) is 24.6 Å². The molecule has 13 amide bonds. The molecule has 2 fully saturated rings. The Morgan fingerprint density at radius 3 is 0.866 bits per heavy atom. The smallest absolute Gasteiger partial charge is 0.336 e. The summed E-state index contributed by atoms with van der Waals surface area (Å²) >= 11 is 0. The van der Waals surface area contributed by atoms with Crippen molar-refractivity contribution in [3.63, 3.8) is 0 Å². The van der Waals surface area contributed by atoms with Crippen LogP contribution in [0.1, 0.15) is 215 Å². The van der Waals surface area contributed by atoms with Crippen molar-refractivity contribution in [2.75, 3.05) is 59.1 Å². The molecule has 2 unspecified atom stereocenters. The molecule has 0 saturated carbocycles. The van der Waals surface area contributed by atoms with Crippen LogP contribution in [-0.4, -0.2) is 191 Å². The minimum atomic E-state index is -1.16. The van der Waals surface area contributed by atoms with Gasteiger partial charge in [0.25, 0.3) is 53.2 Å². The topological polar surface area (TPSA) is 482 Å². The number of amides is 13. The monoisotopic (exact) mass is 2000 g/mol. The van der Waals surface area contributed by atoms with E-state index in [0.717, 1.165) is 86.2 Å². The first-order valence-electron chi connectivity index (χ1n) is 46.4. The minimum Gasteiger partial charge on any atom is -0.478 e. The number of nitrogens with one attached hydrogen (secondary N) is 5. The lowest BCUT2D eigenvalue weighted by Gasteiger charge is -2.20. The van der Waals surface area contributed by atoms with Crippen molar-refractivity contribution in [1.82, 2.24) is 36.4 Å². The van der Waals surface area contributed by atoms with E-state index in [2.05, 4.69) is 44.6 Å². The third-order valence-electron chi connectivity index (χ3n) is 24.4. The predicted octanol–water partition coefficient (Wildman–Crippen LogP) is 17.5. The van der Waals surface area contributed by atoms with Gasteiger partial charge in [-0.05, 0) is 229 Å². The lowest BCUT2D eigenvalue weighted by Crippen LogP contribution is -2.29. The number of carbonyl (C=O) groups is 18. The van der Waals surface area contributed by atoms with Crippen LogP contribution in [0.25, 0.3) is 64.6 Å². The number of hydrogen-bond donors (Lipinski definition) is 10. The number of terminal acetylenes is 1. The molecular formula is C117H105N9O23. The van der Waals surface area contributed by atoms with Gasteiger partial charge in [0.1, 0.15) is 0 Å². The summed E-state index contributed by atoms with van der Waals surface area (Å²) in [4.78, 5) is 212. The second-order valence-corrected chi connectivity index (χ2v) is 35.6. The van der Waals surface area contributed by atoms with Gasteiger partial charge in [-0.1, -0.05) is 191 Å². The first-order chi connectivity index (χ1) is 70.8. The molecule has 0 bridgehead atoms. The molecule has 32 heteroatoms. The number of para-hydroxylation sites is 1. The molecule has 2 atom stereocenters. The standard InChI is InChI=1S/C17H13NO3.C17H11NO2.C13H11NO3.C13H17NO3.C13H9NO2.C12H13NO2.C11H9NO3.C11H11NO2.C10H11NO3/c1-18-16(19)14-8-12-6-10-4-2-3-5-11(10)7-13(12)9-15(14)17(20)21;1-18-16(19)14-8-12-6-10-4-2-3-5-11(10)7-13(12)9-15(14)17(18)20;1-14-12(15)10-6-8-4-2-3-5-9(8)7-11(10)13(16)17;1-13(2,3)8-5-6-9(12(16)17)10(7-8)11(15)14-4;1-14-12(15)10-6-8-4-2-3-5-9(8)7-11(10)13(14)16;1-8-3-5-10(6-4-8)13-11(14)7-9(2)12(13)15;1-3-7-4-5-8(11(14)15)9(6-7)10(13)12-2;1-8-7-10(13)12(11(8)14)9-5-3-2-4-6-9;1-6-3-4-7(10(13)14)8(5-6)9(12)11-2/h2-9H,1H3,(H,18,19)(H,20,21);2-9H,1H3;2-7H,1H3,(H,14,15)(H,16,17);5-7H,1-4H3,(H,14,15)(H,16,17);2-7H,1H3;3-6,9H,7H2,1-2H3;1,4-6H,2H3,(H,12,13)(H,14,15);2-6,8H,7H2,1H3;3-5H,1-2H3,(H,11,12)(H,13,14). The number of aromatic carboxylic acids is 5. The summed E-state index contributed by atoms with van der Waals surface area (Å²) in [6.07, 6.45) is 5.81. The first-order valence-corrected chi connectivity index (χ1v) is 46.4. The van der Waals surface area contributed by atoms with E-state index in [4.69, 9.17) is 26.8 Å². The fraction of sp³-hybridized carbons (Fsp3) is 0.162. The van der Waals surface area contributed by atoms with Crippen molar-refractivity contribution in [3.05, 3.63) is 379 Å². The Morgan fingerprint density at radius 1 is 0.295 bits per heavy atom. The van der Waals surface area contributed by atoms with Crippen LogP contribution >= 0.6 is 0 Å². The van der Waals surface area contributed by atoms with E-state index in [1.165, 1.54) is 100 Å². The van der Waals surface area contributed by atoms with Crippen molar-refractivity contribution in [1.29, 1.82) is 0 Å². The Hall–Kier alpha value is -19.3. The normalized spacial score (nSPS) is 13.4. The SMILES string of the molecule is C#Cc1ccc(C(=O)O)c(C(=O)NC)c1.CC1CC(=O)N(c2ccccc2)C1=O.CN1C(=O)c2cc3cc4ccccc4cc3cc2C1=O.CN1C(=O)c2cc3ccccc3cc2C1=O.CNC(=O)c1cc(C(C)(C)C)ccc1C(=O)O.CNC(=O)c1cc(C)ccc1C(=O)O.CNC(=O)c1cc2cc3ccccc3cc2cc1C(=O)O.CNC(=O)c1cc2ccccc2cc1C(=O)O.Cc1ccc(N2C(=O)CC(C)C2=O)cc1. The Kier molecular flexibility index (Phi) is 35.6. The molecule has 32 nitrogen and oxygen atoms in total. The molecule has 15 aromatic carbocycles. The van der Waals surface area contributed by atoms with E-state index in [0.29, 0.717) is 52.0 Å². The molecule has 0 aliphatic carbocycles. The van der Waals surface area contributed by atoms with Crippen molar-refractivity contribution < 1.29 is 112 Å². The van der Waals surface area contributed by atoms with Gasteiger partial charge in [-0.3, -0.25) is 81.9 Å². The highest BCUT2D eigenvalue weighted by Gasteiger charge is 2.39. The first kappa shape index (κ1) is 110. The van der Waals surface area contributed by atoms with Crippen LogP contribution < -0.4 is 36.4 Å². The Labute approximate surface area is 855 Å². The van der Waals surface area contributed by atoms with E-state index in [-0.39, 0.29) is 132 Å². The lowest BCUT2D eigenvalue weighted by molar-refractivity contribution is -0.123. The average molecular weight is 2010 g/mol. The summed E-state index contributed by atoms with van der Waals surface area (Å²) in [6.45, 7) is 13.4. The average Bonchev–Trinajstić information content (AvgIpc) is 1.57. The molecule has 15 aromatic rings. The van der Waals surface area contributed by atoms with Crippen LogP contribution in [0.5, 0.6) is 0 Å². The highest BCUT2D eigenvalue weighted by molar-refractivity contribution is 6.26. The number of aryl methyl sites for hydroxylation is 2. The number of carboxylic acids is 5. The van der Waals surface area contributed by atoms with E-state index in [1.54, 1.807) is 87.5 Å². The summed E-state index contributed by atoms with van der Waals surface area (Å²) in [5.74, 6) is -6.87. The van der Waals surface area contributed by atoms with E-state index < -0.39 is 47.6 Å². The predicted molar refractivity (Wildman–Crippen MR) is 566 cm³/mol. The third kappa shape index (κ3) is 25.7. The third-order valence-corrected chi connectivity index (χ3v) is 24.4. The van der Waals surface area contributed by atoms with Gasteiger partial charge in [0.15, 0.2) is 0 Å². The molecule has 0 aromatic heterocycles. The Balaban J connectivity index is 0.000000160. The number of nitrogens with zero attached hydrogens (tertiary/aromatic N) is 4. The molecular weight excluding hydrogens is 1900 g/mol. The molecule has 10 N–H and O–H groups in total. The van der Waals surface area contributed by atoms with Crippen molar-refractivity contribution in [3.8, 4) is 12.3 Å². The van der Waals surface area contributed by atoms with E-state index in [9.17, 15) is 91.4 Å². The molecule has 4 aliphatic rings. The van der Waals surface area contributed by atoms with Gasteiger partial charge in [0, 0.05) is 79.6 Å². The molecule has 19 rings (SSSR count). The van der Waals surface area contributed by atoms with E-state index >= 15 is 0 Å². The molecule has 4 heterocycles. The van der Waals surface area contributed by atoms with Gasteiger partial charge in [-0.25, -0.2) is 24.0 Å². The lowest BCUT2D eigenvalue weighted by atomic mass is 9.85. The second-order valence-electron chi connectivity index (χ2n) is 35.6. The van der Waals surface area contributed by atoms with Crippen LogP contribution in [0.4, 0.5) is 11.4 Å². The molecule has 4 aliphatic heterocycles. The number of fused-ring (bicyclic) bond motifs is 8. The summed E-state index contributed by atoms with van der Waals surface area (Å²) in [5.41, 5.74) is 7.45. The fourth-order valence-corrected chi connectivity index (χ4v) is 16.3.